The topological polar surface area (TPSA) is 18.5 Å². The lowest BCUT2D eigenvalue weighted by Crippen LogP contribution is -2.72. The SMILES string of the molecule is FC(F)(F)C(OOC(C(F)(F)F)(C(F)(F)F)C(F)(F)F)(C(F)(F)F)C(F)(F)F. The summed E-state index contributed by atoms with van der Waals surface area (Å²) in [6.45, 7) is 0. The van der Waals surface area contributed by atoms with Crippen LogP contribution in [-0.4, -0.2) is 48.3 Å². The van der Waals surface area contributed by atoms with Gasteiger partial charge in [0.2, 0.25) is 0 Å². The van der Waals surface area contributed by atoms with Crippen molar-refractivity contribution in [3.05, 3.63) is 0 Å². The molecule has 0 aliphatic rings. The van der Waals surface area contributed by atoms with E-state index < -0.39 is 48.3 Å². The number of hydrogen-bond acceptors (Lipinski definition) is 2. The molecule has 0 amide bonds. The highest BCUT2D eigenvalue weighted by atomic mass is 19.4. The molecule has 0 N–H and O–H groups in total. The summed E-state index contributed by atoms with van der Waals surface area (Å²) >= 11 is 0. The Morgan fingerprint density at radius 2 is 0.357 bits per heavy atom. The summed E-state index contributed by atoms with van der Waals surface area (Å²) in [6.07, 6.45) is -47.8. The molecular formula is C8F18O2. The van der Waals surface area contributed by atoms with Crippen LogP contribution in [0.1, 0.15) is 0 Å². The Morgan fingerprint density at radius 3 is 0.429 bits per heavy atom. The zero-order valence-corrected chi connectivity index (χ0v) is 11.6. The molecule has 0 spiro atoms. The van der Waals surface area contributed by atoms with E-state index >= 15 is 0 Å². The van der Waals surface area contributed by atoms with Gasteiger partial charge in [-0.2, -0.15) is 88.8 Å². The van der Waals surface area contributed by atoms with E-state index in [9.17, 15) is 79.0 Å². The molecule has 0 aromatic heterocycles. The predicted octanol–water partition coefficient (Wildman–Crippen LogP) is 5.79. The minimum absolute atomic E-state index is 1.33. The van der Waals surface area contributed by atoms with Crippen LogP contribution in [0.5, 0.6) is 0 Å². The summed E-state index contributed by atoms with van der Waals surface area (Å²) in [4.78, 5) is 2.67. The molecule has 0 unspecified atom stereocenters. The quantitative estimate of drug-likeness (QED) is 0.296. The number of rotatable bonds is 3. The van der Waals surface area contributed by atoms with Crippen LogP contribution in [0.15, 0.2) is 0 Å². The fourth-order valence-electron chi connectivity index (χ4n) is 1.37. The highest BCUT2D eigenvalue weighted by Crippen LogP contribution is 2.59. The maximum atomic E-state index is 12.3. The van der Waals surface area contributed by atoms with Crippen molar-refractivity contribution in [3.63, 3.8) is 0 Å². The average molecular weight is 470 g/mol. The zero-order chi connectivity index (χ0) is 23.4. The number of hydrogen-bond donors (Lipinski definition) is 0. The van der Waals surface area contributed by atoms with Crippen molar-refractivity contribution < 1.29 is 88.8 Å². The second-order valence-electron chi connectivity index (χ2n) is 4.52. The van der Waals surface area contributed by atoms with Crippen molar-refractivity contribution in [1.29, 1.82) is 0 Å². The summed E-state index contributed by atoms with van der Waals surface area (Å²) in [5.41, 5.74) is -16.0. The van der Waals surface area contributed by atoms with Gasteiger partial charge < -0.3 is 0 Å². The summed E-state index contributed by atoms with van der Waals surface area (Å²) in [6, 6.07) is 0. The Kier molecular flexibility index (Phi) is 6.27. The molecule has 28 heavy (non-hydrogen) atoms. The van der Waals surface area contributed by atoms with Crippen molar-refractivity contribution in [2.75, 3.05) is 0 Å². The summed E-state index contributed by atoms with van der Waals surface area (Å²) < 4.78 is 222. The lowest BCUT2D eigenvalue weighted by Gasteiger charge is -2.41. The molecule has 170 valence electrons. The van der Waals surface area contributed by atoms with Gasteiger partial charge >= 0.3 is 48.3 Å². The van der Waals surface area contributed by atoms with Crippen molar-refractivity contribution >= 4 is 0 Å². The highest BCUT2D eigenvalue weighted by Gasteiger charge is 2.91. The Labute approximate surface area is 138 Å². The summed E-state index contributed by atoms with van der Waals surface area (Å²) in [5.74, 6) is 0. The van der Waals surface area contributed by atoms with E-state index in [1.54, 1.807) is 0 Å². The molecule has 0 rings (SSSR count). The fourth-order valence-corrected chi connectivity index (χ4v) is 1.37. The molecule has 0 bridgehead atoms. The predicted molar refractivity (Wildman–Crippen MR) is 44.0 cm³/mol. The maximum absolute atomic E-state index is 12.3. The molecule has 2 nitrogen and oxygen atoms in total. The lowest BCUT2D eigenvalue weighted by molar-refractivity contribution is -0.605. The van der Waals surface area contributed by atoms with E-state index in [-0.39, 0.29) is 0 Å². The Bertz CT molecular complexity index is 415. The fraction of sp³-hybridized carbons (Fsp3) is 1.00. The summed E-state index contributed by atoms with van der Waals surface area (Å²) in [7, 11) is 0. The average Bonchev–Trinajstić information content (AvgIpc) is 2.23. The molecule has 0 heterocycles. The minimum atomic E-state index is -8.00. The van der Waals surface area contributed by atoms with Crippen LogP contribution in [0.2, 0.25) is 0 Å². The van der Waals surface area contributed by atoms with Gasteiger partial charge in [0.05, 0.1) is 0 Å². The van der Waals surface area contributed by atoms with Gasteiger partial charge in [-0.05, 0) is 0 Å². The van der Waals surface area contributed by atoms with Crippen LogP contribution in [0.3, 0.4) is 0 Å². The number of halogens is 18. The third-order valence-corrected chi connectivity index (χ3v) is 2.69. The van der Waals surface area contributed by atoms with Crippen LogP contribution in [0.4, 0.5) is 79.0 Å². The molecule has 0 atom stereocenters. The van der Waals surface area contributed by atoms with E-state index in [1.165, 1.54) is 9.78 Å². The molecular weight excluding hydrogens is 470 g/mol. The smallest absolute Gasteiger partial charge is 0.199 e. The largest absolute Gasteiger partial charge is 0.439 e. The highest BCUT2D eigenvalue weighted by molar-refractivity contribution is 5.04. The van der Waals surface area contributed by atoms with Crippen LogP contribution in [-0.2, 0) is 9.78 Å². The van der Waals surface area contributed by atoms with Gasteiger partial charge in [-0.1, -0.05) is 0 Å². The van der Waals surface area contributed by atoms with Crippen molar-refractivity contribution in [3.8, 4) is 0 Å². The Morgan fingerprint density at radius 1 is 0.250 bits per heavy atom. The zero-order valence-electron chi connectivity index (χ0n) is 11.6. The second-order valence-corrected chi connectivity index (χ2v) is 4.52. The van der Waals surface area contributed by atoms with Crippen LogP contribution in [0, 0.1) is 0 Å². The minimum Gasteiger partial charge on any atom is -0.199 e. The molecule has 0 radical (unpaired) electrons. The number of alkyl halides is 18. The van der Waals surface area contributed by atoms with Gasteiger partial charge in [0.1, 0.15) is 0 Å². The van der Waals surface area contributed by atoms with Gasteiger partial charge in [-0.15, -0.1) is 0 Å². The molecule has 0 fully saturated rings. The molecule has 0 saturated carbocycles. The van der Waals surface area contributed by atoms with Crippen molar-refractivity contribution in [2.45, 2.75) is 48.3 Å². The van der Waals surface area contributed by atoms with E-state index in [1.807, 2.05) is 0 Å². The van der Waals surface area contributed by atoms with Gasteiger partial charge in [0.25, 0.3) is 0 Å². The van der Waals surface area contributed by atoms with E-state index in [2.05, 4.69) is 0 Å². The first kappa shape index (κ1) is 26.7. The van der Waals surface area contributed by atoms with Gasteiger partial charge in [0, 0.05) is 0 Å². The molecule has 0 aromatic rings. The Balaban J connectivity index is 6.89. The third-order valence-electron chi connectivity index (χ3n) is 2.69. The first-order chi connectivity index (χ1) is 11.7. The Hall–Kier alpha value is -1.34. The van der Waals surface area contributed by atoms with E-state index in [4.69, 9.17) is 0 Å². The van der Waals surface area contributed by atoms with E-state index in [0.29, 0.717) is 0 Å². The van der Waals surface area contributed by atoms with Gasteiger partial charge in [0.15, 0.2) is 0 Å². The van der Waals surface area contributed by atoms with Crippen LogP contribution < -0.4 is 0 Å². The maximum Gasteiger partial charge on any atom is 0.439 e. The normalized spacial score (nSPS) is 16.5. The standard InChI is InChI=1S/C8F18O2/c9-3(10,11)1(4(12,13)14,5(15,16)17)27-28-2(6(18,19)20,7(21,22)23)8(24,25)26. The first-order valence-electron chi connectivity index (χ1n) is 5.48. The molecule has 20 heteroatoms. The molecule has 0 aliphatic heterocycles. The van der Waals surface area contributed by atoms with Crippen molar-refractivity contribution in [2.24, 2.45) is 0 Å². The van der Waals surface area contributed by atoms with Crippen molar-refractivity contribution in [1.82, 2.24) is 0 Å². The monoisotopic (exact) mass is 470 g/mol. The second kappa shape index (κ2) is 6.59. The third kappa shape index (κ3) is 3.88. The molecule has 0 aliphatic carbocycles. The molecule has 0 aromatic carbocycles. The van der Waals surface area contributed by atoms with E-state index in [0.717, 1.165) is 0 Å². The van der Waals surface area contributed by atoms with Crippen LogP contribution in [0.25, 0.3) is 0 Å². The first-order valence-corrected chi connectivity index (χ1v) is 5.48. The van der Waals surface area contributed by atoms with Crippen LogP contribution >= 0.6 is 0 Å². The van der Waals surface area contributed by atoms with Gasteiger partial charge in [-0.25, -0.2) is 0 Å². The lowest BCUT2D eigenvalue weighted by atomic mass is 10.0. The molecule has 0 saturated heterocycles. The van der Waals surface area contributed by atoms with Gasteiger partial charge in [-0.3, -0.25) is 0 Å². The summed E-state index contributed by atoms with van der Waals surface area (Å²) in [5, 5.41) is 0.